The number of hydrogen-bond donors (Lipinski definition) is 3. The van der Waals surface area contributed by atoms with Gasteiger partial charge in [-0.3, -0.25) is 14.5 Å². The molecule has 1 aliphatic heterocycles. The normalized spacial score (nSPS) is 21.6. The molecule has 1 saturated heterocycles. The first kappa shape index (κ1) is 17.4. The zero-order chi connectivity index (χ0) is 15.9. The number of urea groups is 1. The molecule has 1 fully saturated rings. The predicted octanol–water partition coefficient (Wildman–Crippen LogP) is 0.376. The molecule has 0 aliphatic carbocycles. The van der Waals surface area contributed by atoms with Crippen molar-refractivity contribution < 1.29 is 19.5 Å². The Kier molecular flexibility index (Phi) is 6.61. The number of carbonyl (C=O) groups is 3. The maximum absolute atomic E-state index is 12.1. The van der Waals surface area contributed by atoms with Crippen LogP contribution in [0.2, 0.25) is 0 Å². The van der Waals surface area contributed by atoms with E-state index in [-0.39, 0.29) is 25.0 Å². The summed E-state index contributed by atoms with van der Waals surface area (Å²) in [5.74, 6) is -0.686. The summed E-state index contributed by atoms with van der Waals surface area (Å²) >= 11 is 0. The van der Waals surface area contributed by atoms with Crippen LogP contribution in [-0.4, -0.2) is 53.1 Å². The maximum atomic E-state index is 12.1. The molecule has 0 aromatic heterocycles. The largest absolute Gasteiger partial charge is 0.396 e. The van der Waals surface area contributed by atoms with E-state index in [9.17, 15) is 14.4 Å². The van der Waals surface area contributed by atoms with Gasteiger partial charge in [0, 0.05) is 13.2 Å². The Hall–Kier alpha value is -1.63. The van der Waals surface area contributed by atoms with Crippen molar-refractivity contribution in [2.24, 2.45) is 0 Å². The van der Waals surface area contributed by atoms with Crippen LogP contribution in [0.1, 0.15) is 46.0 Å². The highest BCUT2D eigenvalue weighted by Gasteiger charge is 2.46. The zero-order valence-electron chi connectivity index (χ0n) is 12.8. The number of carbonyl (C=O) groups excluding carboxylic acids is 3. The molecule has 21 heavy (non-hydrogen) atoms. The summed E-state index contributed by atoms with van der Waals surface area (Å²) in [5.41, 5.74) is -0.901. The van der Waals surface area contributed by atoms with Gasteiger partial charge in [0.1, 0.15) is 12.1 Å². The minimum absolute atomic E-state index is 0.189. The number of nitrogens with zero attached hydrogens (tertiary/aromatic N) is 1. The van der Waals surface area contributed by atoms with Crippen LogP contribution in [0.4, 0.5) is 4.79 Å². The van der Waals surface area contributed by atoms with Crippen LogP contribution in [0, 0.1) is 0 Å². The summed E-state index contributed by atoms with van der Waals surface area (Å²) in [6.07, 6.45) is 3.93. The van der Waals surface area contributed by atoms with Gasteiger partial charge < -0.3 is 15.7 Å². The van der Waals surface area contributed by atoms with Crippen LogP contribution in [-0.2, 0) is 9.59 Å². The molecule has 3 N–H and O–H groups in total. The molecule has 0 spiro atoms. The summed E-state index contributed by atoms with van der Waals surface area (Å²) in [6.45, 7) is 3.94. The second kappa shape index (κ2) is 7.97. The third-order valence-electron chi connectivity index (χ3n) is 3.76. The molecule has 1 heterocycles. The topological polar surface area (TPSA) is 98.7 Å². The van der Waals surface area contributed by atoms with Gasteiger partial charge in [-0.15, -0.1) is 0 Å². The van der Waals surface area contributed by atoms with Crippen molar-refractivity contribution in [2.45, 2.75) is 51.5 Å². The number of aliphatic hydroxyl groups excluding tert-OH is 1. The van der Waals surface area contributed by atoms with Crippen LogP contribution in [0.25, 0.3) is 0 Å². The summed E-state index contributed by atoms with van der Waals surface area (Å²) in [7, 11) is 0. The van der Waals surface area contributed by atoms with Crippen molar-refractivity contribution in [1.82, 2.24) is 15.5 Å². The van der Waals surface area contributed by atoms with E-state index in [0.717, 1.165) is 30.6 Å². The van der Waals surface area contributed by atoms with Gasteiger partial charge in [-0.2, -0.15) is 0 Å². The lowest BCUT2D eigenvalue weighted by Gasteiger charge is -2.19. The summed E-state index contributed by atoms with van der Waals surface area (Å²) < 4.78 is 0. The molecule has 0 radical (unpaired) electrons. The summed E-state index contributed by atoms with van der Waals surface area (Å²) in [5, 5.41) is 13.9. The maximum Gasteiger partial charge on any atom is 0.325 e. The van der Waals surface area contributed by atoms with E-state index >= 15 is 0 Å². The van der Waals surface area contributed by atoms with Crippen LogP contribution in [0.15, 0.2) is 0 Å². The van der Waals surface area contributed by atoms with Crippen molar-refractivity contribution >= 4 is 17.8 Å². The van der Waals surface area contributed by atoms with Gasteiger partial charge in [0.2, 0.25) is 5.91 Å². The number of nitrogens with one attached hydrogen (secondary N) is 2. The summed E-state index contributed by atoms with van der Waals surface area (Å²) in [6, 6.07) is -0.512. The number of hydrogen-bond acceptors (Lipinski definition) is 4. The highest BCUT2D eigenvalue weighted by molar-refractivity contribution is 6.08. The first-order chi connectivity index (χ1) is 9.94. The Bertz CT molecular complexity index is 400. The fourth-order valence-electron chi connectivity index (χ4n) is 2.15. The van der Waals surface area contributed by atoms with Crippen LogP contribution in [0.5, 0.6) is 0 Å². The Balaban J connectivity index is 2.31. The van der Waals surface area contributed by atoms with Crippen molar-refractivity contribution in [3.05, 3.63) is 0 Å². The van der Waals surface area contributed by atoms with E-state index in [1.165, 1.54) is 0 Å². The number of amides is 4. The molecule has 4 amide bonds. The lowest BCUT2D eigenvalue weighted by atomic mass is 9.99. The van der Waals surface area contributed by atoms with Gasteiger partial charge in [-0.05, 0) is 26.2 Å². The fraction of sp³-hybridized carbons (Fsp3) is 0.786. The summed E-state index contributed by atoms with van der Waals surface area (Å²) in [4.78, 5) is 36.5. The highest BCUT2D eigenvalue weighted by Crippen LogP contribution is 2.20. The quantitative estimate of drug-likeness (QED) is 0.423. The molecule has 7 nitrogen and oxygen atoms in total. The Morgan fingerprint density at radius 2 is 1.95 bits per heavy atom. The van der Waals surface area contributed by atoms with Gasteiger partial charge in [0.15, 0.2) is 0 Å². The lowest BCUT2D eigenvalue weighted by Crippen LogP contribution is -2.44. The Morgan fingerprint density at radius 1 is 1.29 bits per heavy atom. The molecule has 120 valence electrons. The molecule has 7 heteroatoms. The molecule has 1 rings (SSSR count). The third-order valence-corrected chi connectivity index (χ3v) is 3.76. The standard InChI is InChI=1S/C14H25N3O4/c1-3-14(2)12(20)17(13(21)16-14)10-11(19)15-8-6-4-5-7-9-18/h18H,3-10H2,1-2H3,(H,15,19)(H,16,21). The van der Waals surface area contributed by atoms with Gasteiger partial charge in [0.05, 0.1) is 0 Å². The van der Waals surface area contributed by atoms with Crippen LogP contribution in [0.3, 0.4) is 0 Å². The first-order valence-electron chi connectivity index (χ1n) is 7.46. The first-order valence-corrected chi connectivity index (χ1v) is 7.46. The minimum atomic E-state index is -0.901. The van der Waals surface area contributed by atoms with E-state index in [0.29, 0.717) is 13.0 Å². The molecule has 0 bridgehead atoms. The molecular weight excluding hydrogens is 274 g/mol. The number of aliphatic hydroxyl groups is 1. The predicted molar refractivity (Wildman–Crippen MR) is 77.5 cm³/mol. The number of rotatable bonds is 9. The average molecular weight is 299 g/mol. The molecule has 1 aliphatic rings. The average Bonchev–Trinajstić information content (AvgIpc) is 2.67. The van der Waals surface area contributed by atoms with Crippen molar-refractivity contribution in [3.8, 4) is 0 Å². The van der Waals surface area contributed by atoms with E-state index in [4.69, 9.17) is 5.11 Å². The zero-order valence-corrected chi connectivity index (χ0v) is 12.8. The minimum Gasteiger partial charge on any atom is -0.396 e. The van der Waals surface area contributed by atoms with Crippen molar-refractivity contribution in [2.75, 3.05) is 19.7 Å². The number of unbranched alkanes of at least 4 members (excludes halogenated alkanes) is 3. The van der Waals surface area contributed by atoms with E-state index in [1.54, 1.807) is 6.92 Å². The van der Waals surface area contributed by atoms with Gasteiger partial charge in [-0.25, -0.2) is 4.79 Å². The molecule has 0 aromatic rings. The fourth-order valence-corrected chi connectivity index (χ4v) is 2.15. The lowest BCUT2D eigenvalue weighted by molar-refractivity contribution is -0.134. The molecule has 0 saturated carbocycles. The van der Waals surface area contributed by atoms with E-state index < -0.39 is 11.6 Å². The second-order valence-corrected chi connectivity index (χ2v) is 5.49. The van der Waals surface area contributed by atoms with Crippen LogP contribution < -0.4 is 10.6 Å². The smallest absolute Gasteiger partial charge is 0.325 e. The SMILES string of the molecule is CCC1(C)NC(=O)N(CC(=O)NCCCCCCO)C1=O. The molecular formula is C14H25N3O4. The highest BCUT2D eigenvalue weighted by atomic mass is 16.3. The molecule has 0 aromatic carbocycles. The molecule has 1 unspecified atom stereocenters. The van der Waals surface area contributed by atoms with Gasteiger partial charge in [0.25, 0.3) is 5.91 Å². The van der Waals surface area contributed by atoms with E-state index in [1.807, 2.05) is 6.92 Å². The monoisotopic (exact) mass is 299 g/mol. The van der Waals surface area contributed by atoms with Gasteiger partial charge >= 0.3 is 6.03 Å². The van der Waals surface area contributed by atoms with Gasteiger partial charge in [-0.1, -0.05) is 19.8 Å². The van der Waals surface area contributed by atoms with Crippen molar-refractivity contribution in [1.29, 1.82) is 0 Å². The Labute approximate surface area is 125 Å². The van der Waals surface area contributed by atoms with Crippen molar-refractivity contribution in [3.63, 3.8) is 0 Å². The van der Waals surface area contributed by atoms with Crippen LogP contribution >= 0.6 is 0 Å². The molecule has 1 atom stereocenters. The third kappa shape index (κ3) is 4.70. The Morgan fingerprint density at radius 3 is 2.52 bits per heavy atom. The number of imide groups is 1. The second-order valence-electron chi connectivity index (χ2n) is 5.49. The van der Waals surface area contributed by atoms with E-state index in [2.05, 4.69) is 10.6 Å².